The fraction of sp³-hybridized carbons (Fsp3) is 0.439. The number of hydrogen-bond donors (Lipinski definition) is 5. The van der Waals surface area contributed by atoms with Crippen molar-refractivity contribution in [2.75, 3.05) is 57.6 Å². The Morgan fingerprint density at radius 2 is 1.62 bits per heavy atom. The molecule has 63 heavy (non-hydrogen) atoms. The number of carbonyl (C=O) groups excluding carboxylic acids is 3. The lowest BCUT2D eigenvalue weighted by atomic mass is 10.0. The van der Waals surface area contributed by atoms with Gasteiger partial charge >= 0.3 is 11.9 Å². The molecule has 0 radical (unpaired) electrons. The molecule has 3 aromatic rings. The normalized spacial score (nSPS) is 22.0. The molecular weight excluding hydrogens is 905 g/mol. The Morgan fingerprint density at radius 1 is 0.984 bits per heavy atom. The number of amides is 1. The molecule has 0 aliphatic carbocycles. The number of nitrogens with zero attached hydrogens (tertiary/aromatic N) is 5. The van der Waals surface area contributed by atoms with Crippen molar-refractivity contribution >= 4 is 87.8 Å². The van der Waals surface area contributed by atoms with Crippen LogP contribution in [0.15, 0.2) is 66.0 Å². The highest BCUT2D eigenvalue weighted by Crippen LogP contribution is 2.37. The van der Waals surface area contributed by atoms with Crippen LogP contribution in [-0.2, 0) is 28.6 Å². The number of ketones is 1. The lowest BCUT2D eigenvalue weighted by Gasteiger charge is -2.29. The molecule has 18 nitrogen and oxygen atoms in total. The minimum Gasteiger partial charge on any atom is -0.480 e. The average Bonchev–Trinajstić information content (AvgIpc) is 3.93. The highest BCUT2D eigenvalue weighted by atomic mass is 35.5. The first-order valence-electron chi connectivity index (χ1n) is 19.7. The van der Waals surface area contributed by atoms with Crippen molar-refractivity contribution in [2.45, 2.75) is 69.3 Å². The number of thioether (sulfide) groups is 1. The average molecular weight is 955 g/mol. The number of carboxylic acid groups (broad SMARTS) is 1. The van der Waals surface area contributed by atoms with Crippen molar-refractivity contribution in [2.24, 2.45) is 0 Å². The van der Waals surface area contributed by atoms with Crippen LogP contribution in [0.2, 0.25) is 15.1 Å². The Kier molecular flexibility index (Phi) is 20.3. The van der Waals surface area contributed by atoms with Crippen LogP contribution in [0.25, 0.3) is 0 Å². The third kappa shape index (κ3) is 15.0. The summed E-state index contributed by atoms with van der Waals surface area (Å²) in [5, 5.41) is 31.0. The van der Waals surface area contributed by atoms with Gasteiger partial charge in [0.15, 0.2) is 12.4 Å². The third-order valence-electron chi connectivity index (χ3n) is 9.44. The van der Waals surface area contributed by atoms with Crippen LogP contribution >= 0.6 is 46.6 Å². The molecule has 2 aromatic carbocycles. The van der Waals surface area contributed by atoms with E-state index >= 15 is 0 Å². The summed E-state index contributed by atoms with van der Waals surface area (Å²) in [5.41, 5.74) is 6.89. The summed E-state index contributed by atoms with van der Waals surface area (Å²) in [5.74, 6) is -1.05. The van der Waals surface area contributed by atoms with Gasteiger partial charge in [0.2, 0.25) is 11.9 Å². The summed E-state index contributed by atoms with van der Waals surface area (Å²) in [6, 6.07) is 10.0. The number of nitrogens with one attached hydrogen (secondary N) is 1. The Bertz CT molecular complexity index is 2080. The van der Waals surface area contributed by atoms with Gasteiger partial charge in [0.05, 0.1) is 35.9 Å². The summed E-state index contributed by atoms with van der Waals surface area (Å²) in [6.07, 6.45) is 5.09. The van der Waals surface area contributed by atoms with Crippen LogP contribution in [0.3, 0.4) is 0 Å². The molecule has 1 unspecified atom stereocenters. The summed E-state index contributed by atoms with van der Waals surface area (Å²) in [6.45, 7) is 9.52. The number of likely N-dealkylation sites (tertiary alicyclic amines) is 1. The molecule has 0 saturated carbocycles. The molecule has 7 rings (SSSR count). The maximum atomic E-state index is 12.2. The summed E-state index contributed by atoms with van der Waals surface area (Å²) >= 11 is 19.1. The number of Topliss-reactive ketones (excluding diaryl/α,β-unsaturated/α-hetero) is 1. The van der Waals surface area contributed by atoms with Crippen molar-refractivity contribution in [3.63, 3.8) is 0 Å². The lowest BCUT2D eigenvalue weighted by molar-refractivity contribution is -0.139. The fourth-order valence-corrected chi connectivity index (χ4v) is 7.96. The SMILES string of the molecule is C=C(CC)C(=O)c1ccc(OCC(=O)O)c(Cl)c1Cl.CCOC(=O)/C=C1/SC(N2CCCCC2)C(=O)N1C.Nc1ncnc(Nc2ccc(Cl)cc2)n1.O[C@@H]1CO[C@H]2[C@@H]1OC[C@@H]2O. The van der Waals surface area contributed by atoms with Gasteiger partial charge in [-0.3, -0.25) is 14.5 Å². The highest BCUT2D eigenvalue weighted by Gasteiger charge is 2.46. The van der Waals surface area contributed by atoms with Crippen molar-refractivity contribution in [1.82, 2.24) is 24.8 Å². The number of nitrogen functional groups attached to an aromatic ring is 1. The number of rotatable bonds is 11. The van der Waals surface area contributed by atoms with Crippen molar-refractivity contribution in [3.05, 3.63) is 86.6 Å². The van der Waals surface area contributed by atoms with Crippen LogP contribution < -0.4 is 15.8 Å². The van der Waals surface area contributed by atoms with Gasteiger partial charge in [-0.2, -0.15) is 4.98 Å². The lowest BCUT2D eigenvalue weighted by Crippen LogP contribution is -2.42. The highest BCUT2D eigenvalue weighted by molar-refractivity contribution is 8.04. The van der Waals surface area contributed by atoms with Crippen LogP contribution in [0.5, 0.6) is 5.75 Å². The van der Waals surface area contributed by atoms with Gasteiger partial charge in [0.1, 0.15) is 46.9 Å². The van der Waals surface area contributed by atoms with E-state index in [0.29, 0.717) is 34.6 Å². The van der Waals surface area contributed by atoms with Gasteiger partial charge in [-0.25, -0.2) is 19.6 Å². The fourth-order valence-electron chi connectivity index (χ4n) is 6.12. The van der Waals surface area contributed by atoms with Gasteiger partial charge < -0.3 is 50.2 Å². The van der Waals surface area contributed by atoms with E-state index in [1.807, 2.05) is 12.1 Å². The van der Waals surface area contributed by atoms with Crippen molar-refractivity contribution < 1.29 is 53.4 Å². The molecule has 1 aromatic heterocycles. The summed E-state index contributed by atoms with van der Waals surface area (Å²) in [4.78, 5) is 61.3. The molecule has 5 atom stereocenters. The van der Waals surface area contributed by atoms with Crippen LogP contribution in [0, 0.1) is 0 Å². The molecule has 5 heterocycles. The maximum absolute atomic E-state index is 12.2. The first-order chi connectivity index (χ1) is 30.0. The van der Waals surface area contributed by atoms with Gasteiger partial charge in [-0.1, -0.05) is 66.5 Å². The van der Waals surface area contributed by atoms with E-state index in [0.717, 1.165) is 31.6 Å². The molecule has 342 valence electrons. The number of aliphatic hydroxyl groups excluding tert-OH is 2. The Balaban J connectivity index is 0.000000188. The summed E-state index contributed by atoms with van der Waals surface area (Å²) in [7, 11) is 1.71. The number of aliphatic carboxylic acids is 1. The number of halogens is 3. The second-order valence-corrected chi connectivity index (χ2v) is 16.2. The molecule has 0 spiro atoms. The van der Waals surface area contributed by atoms with Crippen molar-refractivity contribution in [3.8, 4) is 5.75 Å². The number of aliphatic hydroxyl groups is 2. The Morgan fingerprint density at radius 3 is 2.19 bits per heavy atom. The van der Waals surface area contributed by atoms with Crippen LogP contribution in [0.1, 0.15) is 49.9 Å². The molecule has 6 N–H and O–H groups in total. The molecule has 4 aliphatic rings. The van der Waals surface area contributed by atoms with Gasteiger partial charge in [0, 0.05) is 23.3 Å². The number of carboxylic acids is 1. The number of hydrogen-bond acceptors (Lipinski definition) is 17. The molecule has 1 amide bonds. The zero-order chi connectivity index (χ0) is 46.2. The first-order valence-corrected chi connectivity index (χ1v) is 21.7. The van der Waals surface area contributed by atoms with Crippen LogP contribution in [-0.4, -0.2) is 140 Å². The van der Waals surface area contributed by atoms with Gasteiger partial charge in [-0.05, 0) is 81.2 Å². The van der Waals surface area contributed by atoms with E-state index in [4.69, 9.17) is 74.8 Å². The Hall–Kier alpha value is -4.57. The first kappa shape index (κ1) is 51.1. The predicted octanol–water partition coefficient (Wildman–Crippen LogP) is 5.37. The number of benzene rings is 2. The van der Waals surface area contributed by atoms with E-state index in [9.17, 15) is 19.2 Å². The number of carbonyl (C=O) groups is 4. The number of anilines is 3. The number of fused-ring (bicyclic) bond motifs is 1. The number of nitrogens with two attached hydrogens (primary N) is 1. The monoisotopic (exact) mass is 953 g/mol. The van der Waals surface area contributed by atoms with E-state index in [2.05, 4.69) is 31.7 Å². The molecule has 4 aliphatic heterocycles. The number of esters is 1. The number of ether oxygens (including phenoxy) is 4. The predicted molar refractivity (Wildman–Crippen MR) is 238 cm³/mol. The quantitative estimate of drug-likeness (QED) is 0.0921. The largest absolute Gasteiger partial charge is 0.480 e. The minimum absolute atomic E-state index is 0.0117. The molecule has 0 bridgehead atoms. The standard InChI is InChI=1S/C13H12Cl2O4.C13H20N2O3S.C9H8ClN5.C6H10O4/c1-3-7(2)13(18)8-4-5-9(12(15)11(8)14)19-6-10(16)17;1-3-18-11(16)9-10-14(2)12(17)13(19-10)15-7-5-4-6-8-15;10-6-1-3-7(4-2-6)14-9-13-5-12-8(11)15-9;7-3-1-9-6-4(8)2-10-5(3)6/h4-5H,2-3,6H2,1H3,(H,16,17);9,13H,3-8H2,1-2H3;1-5H,(H3,11,12,13,14,15);3-8H,1-2H2/b;10-9+;;/t;;;3-,4+,5-,6-/m...1/s1. The second-order valence-electron chi connectivity index (χ2n) is 13.9. The zero-order valence-electron chi connectivity index (χ0n) is 34.7. The Labute approximate surface area is 383 Å². The van der Waals surface area contributed by atoms with Crippen LogP contribution in [0.4, 0.5) is 17.6 Å². The summed E-state index contributed by atoms with van der Waals surface area (Å²) < 4.78 is 20.0. The molecule has 4 saturated heterocycles. The van der Waals surface area contributed by atoms with E-state index in [1.165, 1.54) is 42.7 Å². The topological polar surface area (TPSA) is 249 Å². The van der Waals surface area contributed by atoms with Crippen molar-refractivity contribution in [1.29, 1.82) is 0 Å². The number of aromatic nitrogens is 3. The minimum atomic E-state index is -1.13. The van der Waals surface area contributed by atoms with E-state index in [-0.39, 0.29) is 75.8 Å². The van der Waals surface area contributed by atoms with E-state index in [1.54, 1.807) is 37.9 Å². The second kappa shape index (κ2) is 25.1. The smallest absolute Gasteiger partial charge is 0.341 e. The number of allylic oxidation sites excluding steroid dienone is 1. The zero-order valence-corrected chi connectivity index (χ0v) is 37.8. The number of piperidine rings is 1. The molecule has 4 fully saturated rings. The number of likely N-dealkylation sites (N-methyl/N-ethyl adjacent to an activating group) is 1. The molecule has 22 heteroatoms. The molecular formula is C41H50Cl3N7O11S. The maximum Gasteiger partial charge on any atom is 0.341 e. The van der Waals surface area contributed by atoms with Gasteiger partial charge in [-0.15, -0.1) is 0 Å². The van der Waals surface area contributed by atoms with E-state index < -0.39 is 24.8 Å². The third-order valence-corrected chi connectivity index (χ3v) is 11.9. The van der Waals surface area contributed by atoms with Gasteiger partial charge in [0.25, 0.3) is 5.91 Å².